The first kappa shape index (κ1) is 19.5. The van der Waals surface area contributed by atoms with Gasteiger partial charge in [0.2, 0.25) is 0 Å². The molecule has 2 rings (SSSR count). The van der Waals surface area contributed by atoms with Gasteiger partial charge in [0.25, 0.3) is 5.91 Å². The number of aryl methyl sites for hydroxylation is 2. The van der Waals surface area contributed by atoms with E-state index in [9.17, 15) is 9.59 Å². The summed E-state index contributed by atoms with van der Waals surface area (Å²) in [6.45, 7) is 3.58. The molecule has 1 amide bonds. The van der Waals surface area contributed by atoms with Gasteiger partial charge in [-0.25, -0.2) is 10.2 Å². The SMILES string of the molecule is COC(=O)c1ccc(/C=N\NC(=O)COc2cc(C)c(Cl)c(C)c2)cc1. The predicted octanol–water partition coefficient (Wildman–Crippen LogP) is 3.27. The van der Waals surface area contributed by atoms with Crippen molar-refractivity contribution < 1.29 is 19.1 Å². The fourth-order valence-corrected chi connectivity index (χ4v) is 2.28. The van der Waals surface area contributed by atoms with Crippen molar-refractivity contribution in [3.63, 3.8) is 0 Å². The average molecular weight is 375 g/mol. The van der Waals surface area contributed by atoms with Crippen LogP contribution < -0.4 is 10.2 Å². The third-order valence-corrected chi connectivity index (χ3v) is 4.11. The topological polar surface area (TPSA) is 77.0 Å². The highest BCUT2D eigenvalue weighted by molar-refractivity contribution is 6.32. The molecule has 0 aliphatic carbocycles. The number of ether oxygens (including phenoxy) is 2. The molecule has 136 valence electrons. The Hall–Kier alpha value is -2.86. The standard InChI is InChI=1S/C19H19ClN2O4/c1-12-8-16(9-13(2)18(12)20)26-11-17(23)22-21-10-14-4-6-15(7-5-14)19(24)25-3/h4-10H,11H2,1-3H3,(H,22,23)/b21-10-. The smallest absolute Gasteiger partial charge is 0.337 e. The Balaban J connectivity index is 1.85. The molecule has 0 saturated carbocycles. The highest BCUT2D eigenvalue weighted by Gasteiger charge is 2.06. The zero-order valence-electron chi connectivity index (χ0n) is 14.7. The van der Waals surface area contributed by atoms with Gasteiger partial charge in [0.05, 0.1) is 18.9 Å². The maximum Gasteiger partial charge on any atom is 0.337 e. The summed E-state index contributed by atoms with van der Waals surface area (Å²) >= 11 is 6.09. The van der Waals surface area contributed by atoms with Crippen LogP contribution in [0.5, 0.6) is 5.75 Å². The van der Waals surface area contributed by atoms with E-state index in [1.807, 2.05) is 13.8 Å². The molecule has 0 aromatic heterocycles. The second kappa shape index (κ2) is 9.01. The van der Waals surface area contributed by atoms with Crippen LogP contribution in [0.15, 0.2) is 41.5 Å². The van der Waals surface area contributed by atoms with E-state index in [1.54, 1.807) is 36.4 Å². The summed E-state index contributed by atoms with van der Waals surface area (Å²) in [5.41, 5.74) is 5.31. The monoisotopic (exact) mass is 374 g/mol. The third kappa shape index (κ3) is 5.32. The van der Waals surface area contributed by atoms with Gasteiger partial charge >= 0.3 is 5.97 Å². The highest BCUT2D eigenvalue weighted by atomic mass is 35.5. The van der Waals surface area contributed by atoms with E-state index < -0.39 is 11.9 Å². The molecule has 0 fully saturated rings. The van der Waals surface area contributed by atoms with E-state index in [-0.39, 0.29) is 6.61 Å². The number of rotatable bonds is 6. The van der Waals surface area contributed by atoms with Crippen LogP contribution in [-0.4, -0.2) is 31.8 Å². The second-order valence-electron chi connectivity index (χ2n) is 5.57. The summed E-state index contributed by atoms with van der Waals surface area (Å²) < 4.78 is 10.1. The summed E-state index contributed by atoms with van der Waals surface area (Å²) in [5.74, 6) is -0.230. The highest BCUT2D eigenvalue weighted by Crippen LogP contribution is 2.25. The molecule has 6 nitrogen and oxygen atoms in total. The lowest BCUT2D eigenvalue weighted by molar-refractivity contribution is -0.123. The minimum absolute atomic E-state index is 0.168. The number of carbonyl (C=O) groups is 2. The molecule has 0 atom stereocenters. The number of amides is 1. The summed E-state index contributed by atoms with van der Waals surface area (Å²) in [6.07, 6.45) is 1.47. The van der Waals surface area contributed by atoms with E-state index >= 15 is 0 Å². The number of halogens is 1. The van der Waals surface area contributed by atoms with Crippen molar-refractivity contribution >= 4 is 29.7 Å². The Labute approximate surface area is 156 Å². The average Bonchev–Trinajstić information content (AvgIpc) is 2.64. The summed E-state index contributed by atoms with van der Waals surface area (Å²) in [7, 11) is 1.32. The van der Waals surface area contributed by atoms with Crippen molar-refractivity contribution in [1.82, 2.24) is 5.43 Å². The Morgan fingerprint density at radius 3 is 2.35 bits per heavy atom. The minimum atomic E-state index is -0.411. The zero-order chi connectivity index (χ0) is 19.1. The molecule has 7 heteroatoms. The molecule has 0 bridgehead atoms. The first-order chi connectivity index (χ1) is 12.4. The van der Waals surface area contributed by atoms with Crippen molar-refractivity contribution in [3.8, 4) is 5.75 Å². The molecular formula is C19H19ClN2O4. The van der Waals surface area contributed by atoms with Crippen molar-refractivity contribution in [2.75, 3.05) is 13.7 Å². The molecule has 0 aliphatic heterocycles. The molecule has 2 aromatic rings. The number of methoxy groups -OCH3 is 1. The van der Waals surface area contributed by atoms with Crippen LogP contribution in [0.25, 0.3) is 0 Å². The van der Waals surface area contributed by atoms with Gasteiger partial charge in [0.1, 0.15) is 5.75 Å². The quantitative estimate of drug-likeness (QED) is 0.478. The van der Waals surface area contributed by atoms with Crippen LogP contribution in [0, 0.1) is 13.8 Å². The van der Waals surface area contributed by atoms with Crippen molar-refractivity contribution in [2.24, 2.45) is 5.10 Å². The molecule has 0 unspecified atom stereocenters. The van der Waals surface area contributed by atoms with Crippen LogP contribution in [0.4, 0.5) is 0 Å². The molecule has 0 radical (unpaired) electrons. The maximum absolute atomic E-state index is 11.8. The largest absolute Gasteiger partial charge is 0.484 e. The van der Waals surface area contributed by atoms with Crippen LogP contribution in [0.2, 0.25) is 5.02 Å². The fraction of sp³-hybridized carbons (Fsp3) is 0.211. The van der Waals surface area contributed by atoms with Crippen LogP contribution in [-0.2, 0) is 9.53 Å². The first-order valence-electron chi connectivity index (χ1n) is 7.80. The van der Waals surface area contributed by atoms with Gasteiger partial charge in [-0.1, -0.05) is 23.7 Å². The van der Waals surface area contributed by atoms with Crippen LogP contribution in [0.3, 0.4) is 0 Å². The van der Waals surface area contributed by atoms with E-state index in [2.05, 4.69) is 15.3 Å². The summed E-state index contributed by atoms with van der Waals surface area (Å²) in [6, 6.07) is 10.2. The minimum Gasteiger partial charge on any atom is -0.484 e. The number of nitrogens with zero attached hydrogens (tertiary/aromatic N) is 1. The molecule has 0 spiro atoms. The maximum atomic E-state index is 11.8. The number of nitrogens with one attached hydrogen (secondary N) is 1. The van der Waals surface area contributed by atoms with E-state index in [4.69, 9.17) is 16.3 Å². The second-order valence-corrected chi connectivity index (χ2v) is 5.94. The molecule has 2 aromatic carbocycles. The number of carbonyl (C=O) groups excluding carboxylic acids is 2. The Bertz CT molecular complexity index is 809. The van der Waals surface area contributed by atoms with Gasteiger partial charge < -0.3 is 9.47 Å². The van der Waals surface area contributed by atoms with Crippen LogP contribution in [0.1, 0.15) is 27.0 Å². The Morgan fingerprint density at radius 1 is 1.15 bits per heavy atom. The van der Waals surface area contributed by atoms with Gasteiger partial charge in [-0.2, -0.15) is 5.10 Å². The number of benzene rings is 2. The van der Waals surface area contributed by atoms with Gasteiger partial charge in [-0.3, -0.25) is 4.79 Å². The van der Waals surface area contributed by atoms with Gasteiger partial charge in [0, 0.05) is 5.02 Å². The normalized spacial score (nSPS) is 10.6. The van der Waals surface area contributed by atoms with E-state index in [1.165, 1.54) is 13.3 Å². The molecular weight excluding hydrogens is 356 g/mol. The number of hydrazone groups is 1. The lowest BCUT2D eigenvalue weighted by Gasteiger charge is -2.09. The Morgan fingerprint density at radius 2 is 1.77 bits per heavy atom. The van der Waals surface area contributed by atoms with E-state index in [0.29, 0.717) is 16.3 Å². The molecule has 1 N–H and O–H groups in total. The van der Waals surface area contributed by atoms with Crippen LogP contribution >= 0.6 is 11.6 Å². The van der Waals surface area contributed by atoms with Crippen molar-refractivity contribution in [1.29, 1.82) is 0 Å². The summed E-state index contributed by atoms with van der Waals surface area (Å²) in [4.78, 5) is 23.1. The van der Waals surface area contributed by atoms with Gasteiger partial charge in [0.15, 0.2) is 6.61 Å². The van der Waals surface area contributed by atoms with E-state index in [0.717, 1.165) is 16.7 Å². The third-order valence-electron chi connectivity index (χ3n) is 3.51. The summed E-state index contributed by atoms with van der Waals surface area (Å²) in [5, 5.41) is 4.54. The number of hydrogen-bond acceptors (Lipinski definition) is 5. The molecule has 0 heterocycles. The number of esters is 1. The predicted molar refractivity (Wildman–Crippen MR) is 99.9 cm³/mol. The number of hydrogen-bond donors (Lipinski definition) is 1. The zero-order valence-corrected chi connectivity index (χ0v) is 15.5. The van der Waals surface area contributed by atoms with Gasteiger partial charge in [-0.15, -0.1) is 0 Å². The van der Waals surface area contributed by atoms with Crippen molar-refractivity contribution in [3.05, 3.63) is 63.7 Å². The first-order valence-corrected chi connectivity index (χ1v) is 8.18. The molecule has 26 heavy (non-hydrogen) atoms. The lowest BCUT2D eigenvalue weighted by Crippen LogP contribution is -2.24. The Kier molecular flexibility index (Phi) is 6.74. The molecule has 0 saturated heterocycles. The van der Waals surface area contributed by atoms with Gasteiger partial charge in [-0.05, 0) is 54.8 Å². The molecule has 0 aliphatic rings. The van der Waals surface area contributed by atoms with Crippen molar-refractivity contribution in [2.45, 2.75) is 13.8 Å². The lowest BCUT2D eigenvalue weighted by atomic mass is 10.1. The fourth-order valence-electron chi connectivity index (χ4n) is 2.17.